The van der Waals surface area contributed by atoms with Crippen LogP contribution in [0.1, 0.15) is 36.1 Å². The molecule has 0 nitrogen and oxygen atoms in total. The maximum atomic E-state index is 6.21. The van der Waals surface area contributed by atoms with Crippen LogP contribution in [-0.2, 0) is 0 Å². The first-order chi connectivity index (χ1) is 11.6. The van der Waals surface area contributed by atoms with Crippen LogP contribution in [0.2, 0.25) is 5.02 Å². The molecule has 0 aliphatic heterocycles. The molecule has 0 aliphatic carbocycles. The zero-order valence-electron chi connectivity index (χ0n) is 14.5. The minimum Gasteiger partial charge on any atom is -0.0991 e. The fourth-order valence-corrected chi connectivity index (χ4v) is 2.84. The molecule has 2 aromatic rings. The number of halogens is 1. The highest BCUT2D eigenvalue weighted by Crippen LogP contribution is 2.30. The normalized spacial score (nSPS) is 12.7. The van der Waals surface area contributed by atoms with Gasteiger partial charge in [-0.05, 0) is 72.4 Å². The molecule has 0 bridgehead atoms. The van der Waals surface area contributed by atoms with Gasteiger partial charge in [-0.1, -0.05) is 72.8 Å². The predicted octanol–water partition coefficient (Wildman–Crippen LogP) is 7.25. The SMILES string of the molecule is C=C/C=C\C=C(/C)c1cccc(/C(=C/C)c2cc(Cl)ccc2C)c1. The minimum atomic E-state index is 0.761. The van der Waals surface area contributed by atoms with Gasteiger partial charge in [-0.3, -0.25) is 0 Å². The van der Waals surface area contributed by atoms with Gasteiger partial charge in [0.15, 0.2) is 0 Å². The number of rotatable bonds is 5. The first kappa shape index (κ1) is 18.0. The van der Waals surface area contributed by atoms with Gasteiger partial charge in [0.25, 0.3) is 0 Å². The van der Waals surface area contributed by atoms with Gasteiger partial charge in [0, 0.05) is 5.02 Å². The van der Waals surface area contributed by atoms with Crippen LogP contribution in [0, 0.1) is 6.92 Å². The van der Waals surface area contributed by atoms with Crippen molar-refractivity contribution in [1.29, 1.82) is 0 Å². The van der Waals surface area contributed by atoms with E-state index >= 15 is 0 Å². The zero-order chi connectivity index (χ0) is 17.5. The van der Waals surface area contributed by atoms with E-state index in [4.69, 9.17) is 11.6 Å². The second kappa shape index (κ2) is 8.52. The quantitative estimate of drug-likeness (QED) is 0.505. The summed E-state index contributed by atoms with van der Waals surface area (Å²) < 4.78 is 0. The summed E-state index contributed by atoms with van der Waals surface area (Å²) in [5.41, 5.74) is 7.22. The predicted molar refractivity (Wildman–Crippen MR) is 108 cm³/mol. The molecule has 2 rings (SSSR count). The molecule has 0 atom stereocenters. The molecular weight excluding hydrogens is 312 g/mol. The van der Waals surface area contributed by atoms with Crippen molar-refractivity contribution in [3.63, 3.8) is 0 Å². The third kappa shape index (κ3) is 4.37. The van der Waals surface area contributed by atoms with Crippen LogP contribution in [0.5, 0.6) is 0 Å². The minimum absolute atomic E-state index is 0.761. The molecule has 24 heavy (non-hydrogen) atoms. The van der Waals surface area contributed by atoms with E-state index in [2.05, 4.69) is 69.8 Å². The Morgan fingerprint density at radius 3 is 2.50 bits per heavy atom. The van der Waals surface area contributed by atoms with Crippen LogP contribution in [0.3, 0.4) is 0 Å². The Labute approximate surface area is 150 Å². The Hall–Kier alpha value is -2.31. The third-order valence-corrected chi connectivity index (χ3v) is 4.24. The molecule has 0 radical (unpaired) electrons. The molecule has 0 aromatic heterocycles. The molecule has 122 valence electrons. The van der Waals surface area contributed by atoms with Crippen LogP contribution in [-0.4, -0.2) is 0 Å². The molecule has 0 saturated heterocycles. The summed E-state index contributed by atoms with van der Waals surface area (Å²) >= 11 is 6.21. The molecule has 0 heterocycles. The molecule has 0 fully saturated rings. The van der Waals surface area contributed by atoms with Gasteiger partial charge in [-0.2, -0.15) is 0 Å². The first-order valence-corrected chi connectivity index (χ1v) is 8.44. The lowest BCUT2D eigenvalue weighted by atomic mass is 9.92. The average Bonchev–Trinajstić information content (AvgIpc) is 2.59. The number of hydrogen-bond donors (Lipinski definition) is 0. The number of aryl methyl sites for hydroxylation is 1. The lowest BCUT2D eigenvalue weighted by molar-refractivity contribution is 1.40. The highest BCUT2D eigenvalue weighted by Gasteiger charge is 2.09. The summed E-state index contributed by atoms with van der Waals surface area (Å²) in [6, 6.07) is 14.6. The van der Waals surface area contributed by atoms with Gasteiger partial charge >= 0.3 is 0 Å². The third-order valence-electron chi connectivity index (χ3n) is 4.00. The van der Waals surface area contributed by atoms with Crippen molar-refractivity contribution >= 4 is 22.7 Å². The second-order valence-corrected chi connectivity index (χ2v) is 6.15. The summed E-state index contributed by atoms with van der Waals surface area (Å²) in [6.07, 6.45) is 9.96. The summed E-state index contributed by atoms with van der Waals surface area (Å²) in [6.45, 7) is 9.99. The highest BCUT2D eigenvalue weighted by atomic mass is 35.5. The van der Waals surface area contributed by atoms with Crippen LogP contribution in [0.15, 0.2) is 79.4 Å². The topological polar surface area (TPSA) is 0 Å². The molecule has 0 unspecified atom stereocenters. The Morgan fingerprint density at radius 2 is 1.79 bits per heavy atom. The lowest BCUT2D eigenvalue weighted by Gasteiger charge is -2.13. The Balaban J connectivity index is 2.46. The molecule has 0 saturated carbocycles. The van der Waals surface area contributed by atoms with E-state index in [-0.39, 0.29) is 0 Å². The van der Waals surface area contributed by atoms with Crippen molar-refractivity contribution in [2.45, 2.75) is 20.8 Å². The van der Waals surface area contributed by atoms with Gasteiger partial charge < -0.3 is 0 Å². The molecule has 0 amide bonds. The summed E-state index contributed by atoms with van der Waals surface area (Å²) in [5.74, 6) is 0. The number of allylic oxidation sites excluding steroid dienone is 6. The Bertz CT molecular complexity index is 820. The van der Waals surface area contributed by atoms with Gasteiger partial charge in [0.1, 0.15) is 0 Å². The molecule has 2 aromatic carbocycles. The van der Waals surface area contributed by atoms with Crippen LogP contribution in [0.4, 0.5) is 0 Å². The maximum absolute atomic E-state index is 6.21. The van der Waals surface area contributed by atoms with Crippen LogP contribution < -0.4 is 0 Å². The standard InChI is InChI=1S/C23H23Cl/c1-5-7-8-10-17(3)19-11-9-12-20(15-19)22(6-2)23-16-21(24)14-13-18(23)4/h5-16H,1H2,2-4H3/b8-7-,17-10+,22-6-. The van der Waals surface area contributed by atoms with E-state index in [0.29, 0.717) is 0 Å². The van der Waals surface area contributed by atoms with E-state index in [1.54, 1.807) is 6.08 Å². The maximum Gasteiger partial charge on any atom is 0.0412 e. The fourth-order valence-electron chi connectivity index (χ4n) is 2.67. The number of benzene rings is 2. The highest BCUT2D eigenvalue weighted by molar-refractivity contribution is 6.30. The van der Waals surface area contributed by atoms with Crippen molar-refractivity contribution in [2.75, 3.05) is 0 Å². The second-order valence-electron chi connectivity index (χ2n) is 5.71. The van der Waals surface area contributed by atoms with Crippen molar-refractivity contribution in [3.8, 4) is 0 Å². The summed E-state index contributed by atoms with van der Waals surface area (Å²) in [4.78, 5) is 0. The van der Waals surface area contributed by atoms with E-state index in [0.717, 1.165) is 5.02 Å². The fraction of sp³-hybridized carbons (Fsp3) is 0.130. The van der Waals surface area contributed by atoms with Crippen molar-refractivity contribution < 1.29 is 0 Å². The van der Waals surface area contributed by atoms with E-state index < -0.39 is 0 Å². The Kier molecular flexibility index (Phi) is 6.40. The summed E-state index contributed by atoms with van der Waals surface area (Å²) in [5, 5.41) is 0.761. The summed E-state index contributed by atoms with van der Waals surface area (Å²) in [7, 11) is 0. The van der Waals surface area contributed by atoms with Crippen LogP contribution >= 0.6 is 11.6 Å². The van der Waals surface area contributed by atoms with Crippen LogP contribution in [0.25, 0.3) is 11.1 Å². The van der Waals surface area contributed by atoms with Gasteiger partial charge in [0.2, 0.25) is 0 Å². The van der Waals surface area contributed by atoms with E-state index in [1.165, 1.54) is 33.4 Å². The molecule has 1 heteroatoms. The lowest BCUT2D eigenvalue weighted by Crippen LogP contribution is -1.93. The van der Waals surface area contributed by atoms with Gasteiger partial charge in [0.05, 0.1) is 0 Å². The largest absolute Gasteiger partial charge is 0.0991 e. The van der Waals surface area contributed by atoms with Gasteiger partial charge in [-0.25, -0.2) is 0 Å². The monoisotopic (exact) mass is 334 g/mol. The van der Waals surface area contributed by atoms with Gasteiger partial charge in [-0.15, -0.1) is 0 Å². The zero-order valence-corrected chi connectivity index (χ0v) is 15.3. The van der Waals surface area contributed by atoms with Crippen molar-refractivity contribution in [3.05, 3.63) is 107 Å². The first-order valence-electron chi connectivity index (χ1n) is 8.06. The molecular formula is C23H23Cl. The van der Waals surface area contributed by atoms with E-state index in [9.17, 15) is 0 Å². The number of hydrogen-bond acceptors (Lipinski definition) is 0. The van der Waals surface area contributed by atoms with Crippen molar-refractivity contribution in [2.24, 2.45) is 0 Å². The molecule has 0 N–H and O–H groups in total. The smallest absolute Gasteiger partial charge is 0.0412 e. The molecule has 0 spiro atoms. The van der Waals surface area contributed by atoms with E-state index in [1.807, 2.05) is 24.3 Å². The Morgan fingerprint density at radius 1 is 1.04 bits per heavy atom. The average molecular weight is 335 g/mol. The van der Waals surface area contributed by atoms with Crippen molar-refractivity contribution in [1.82, 2.24) is 0 Å². The molecule has 0 aliphatic rings.